The average molecular weight is 1170 g/mol. The maximum absolute atomic E-state index is 15.1. The highest BCUT2D eigenvalue weighted by Crippen LogP contribution is 2.44. The Morgan fingerprint density at radius 3 is 2.00 bits per heavy atom. The lowest BCUT2D eigenvalue weighted by atomic mass is 9.90. The Balaban J connectivity index is 1.11. The summed E-state index contributed by atoms with van der Waals surface area (Å²) in [6.07, 6.45) is 0.225. The Bertz CT molecular complexity index is 3130. The number of amides is 6. The number of unbranched alkanes of at least 4 members (excludes halogenated alkanes) is 1. The number of hydrogen-bond acceptors (Lipinski definition) is 14. The fraction of sp³-hybridized carbons (Fsp3) is 0.355. The summed E-state index contributed by atoms with van der Waals surface area (Å²) in [6.45, 7) is 1.45. The number of carbonyl (C=O) groups is 8. The van der Waals surface area contributed by atoms with Crippen molar-refractivity contribution >= 4 is 74.5 Å². The maximum atomic E-state index is 15.1. The molecule has 5 aromatic carbocycles. The van der Waals surface area contributed by atoms with Crippen LogP contribution in [0.15, 0.2) is 133 Å². The predicted octanol–water partition coefficient (Wildman–Crippen LogP) is 5.10. The summed E-state index contributed by atoms with van der Waals surface area (Å²) in [5.41, 5.74) is 13.6. The molecule has 1 saturated heterocycles. The van der Waals surface area contributed by atoms with E-state index in [-0.39, 0.29) is 62.0 Å². The van der Waals surface area contributed by atoms with Gasteiger partial charge in [-0.05, 0) is 108 Å². The van der Waals surface area contributed by atoms with E-state index in [0.29, 0.717) is 30.4 Å². The molecule has 0 aromatic heterocycles. The number of alkyl carbamates (subject to hydrolysis) is 1. The van der Waals surface area contributed by atoms with E-state index in [4.69, 9.17) is 10.5 Å². The predicted molar refractivity (Wildman–Crippen MR) is 317 cm³/mol. The molecule has 0 bridgehead atoms. The van der Waals surface area contributed by atoms with Gasteiger partial charge in [-0.25, -0.2) is 9.59 Å². The molecule has 0 radical (unpaired) electrons. The summed E-state index contributed by atoms with van der Waals surface area (Å²) in [5, 5.41) is 47.5. The van der Waals surface area contributed by atoms with Gasteiger partial charge in [-0.15, -0.1) is 0 Å². The molecule has 3 aliphatic rings. The molecule has 8 atom stereocenters. The molecule has 2 aliphatic carbocycles. The first-order chi connectivity index (χ1) is 40.1. The number of carbonyl (C=O) groups excluding carboxylic acids is 7. The lowest BCUT2D eigenvalue weighted by Crippen LogP contribution is -2.60. The standard InChI is InChI=1S/C62H69N7O12S2/c1-36(70)55-60(77)67-53(61(78)79)35-83-82-34-52(66-58(75)50(30-37-13-3-2-4-14-37)68-62(80)81-33-48-46-19-9-7-17-44(46)45-18-8-10-20-47(45)48)54(72)32-41(29-38-22-26-42(71)27-23-38)56(73)65-51(31-40-25-24-39-15-5-6-16-43(39)40)59(76)64-49(57(74)69-55)21-11-12-28-63/h2-10,13-20,22-23,25-27,36,41,48-53,55,70-71H,11-12,21,24,28-35,63H2,1H3,(H,64,76)(H,65,73)(H,66,75)(H,67,77)(H,68,80)(H,69,74)(H,78,79)/t36-,41-,49+,50-,51-,52+,53+,55+/m1/s1. The second-order valence-corrected chi connectivity index (χ2v) is 23.5. The van der Waals surface area contributed by atoms with Crippen molar-refractivity contribution in [2.75, 3.05) is 24.7 Å². The van der Waals surface area contributed by atoms with E-state index in [0.717, 1.165) is 60.5 Å². The van der Waals surface area contributed by atoms with Crippen molar-refractivity contribution in [2.24, 2.45) is 11.7 Å². The number of aliphatic hydroxyl groups is 1. The number of allylic oxidation sites excluding steroid dienone is 1. The minimum absolute atomic E-state index is 0.0270. The number of aliphatic hydroxyl groups excluding tert-OH is 1. The average Bonchev–Trinajstić information content (AvgIpc) is 3.78. The van der Waals surface area contributed by atoms with Crippen LogP contribution in [0.1, 0.15) is 78.3 Å². The van der Waals surface area contributed by atoms with Crippen LogP contribution in [0.4, 0.5) is 4.79 Å². The summed E-state index contributed by atoms with van der Waals surface area (Å²) in [4.78, 5) is 114. The zero-order chi connectivity index (χ0) is 59.0. The molecule has 11 N–H and O–H groups in total. The number of carboxylic acids is 1. The lowest BCUT2D eigenvalue weighted by molar-refractivity contribution is -0.142. The van der Waals surface area contributed by atoms with Gasteiger partial charge in [0, 0.05) is 42.6 Å². The Kier molecular flexibility index (Phi) is 21.6. The van der Waals surface area contributed by atoms with Gasteiger partial charge in [0.2, 0.25) is 29.5 Å². The molecule has 0 spiro atoms. The number of ketones is 1. The van der Waals surface area contributed by atoms with Crippen LogP contribution in [0.2, 0.25) is 0 Å². The van der Waals surface area contributed by atoms with Crippen molar-refractivity contribution in [2.45, 2.75) is 107 Å². The smallest absolute Gasteiger partial charge is 0.407 e. The number of ether oxygens (including phenoxy) is 1. The quantitative estimate of drug-likeness (QED) is 0.0428. The molecule has 436 valence electrons. The van der Waals surface area contributed by atoms with E-state index in [9.17, 15) is 44.1 Å². The summed E-state index contributed by atoms with van der Waals surface area (Å²) in [7, 11) is 1.95. The third kappa shape index (κ3) is 16.4. The SMILES string of the molecule is C[C@@H](O)[C@@H]1NC(=O)[C@H](CCCCN)NC(=O)[C@@H](CC2=CCc3ccccc32)NC(=O)[C@H](Cc2ccc(O)cc2)CC(=O)[C@@H](NC(=O)[C@@H](Cc2ccccc2)NC(=O)OCC2c3ccccc3-c3ccccc32)CSSC[C@@H](C(=O)O)NC1=O. The maximum Gasteiger partial charge on any atom is 0.407 e. The van der Waals surface area contributed by atoms with Crippen LogP contribution >= 0.6 is 21.6 Å². The third-order valence-corrected chi connectivity index (χ3v) is 17.4. The molecule has 6 amide bonds. The highest BCUT2D eigenvalue weighted by Gasteiger charge is 2.38. The number of nitrogens with two attached hydrogens (primary N) is 1. The number of aliphatic carboxylic acids is 1. The van der Waals surface area contributed by atoms with Gasteiger partial charge in [-0.3, -0.25) is 28.8 Å². The first-order valence-corrected chi connectivity index (χ1v) is 30.2. The summed E-state index contributed by atoms with van der Waals surface area (Å²) in [5.74, 6) is -8.29. The van der Waals surface area contributed by atoms with Crippen LogP contribution in [-0.2, 0) is 57.6 Å². The first-order valence-electron chi connectivity index (χ1n) is 27.7. The molecule has 21 heteroatoms. The summed E-state index contributed by atoms with van der Waals surface area (Å²) in [6, 6.07) is 29.6. The first kappa shape index (κ1) is 61.1. The number of benzene rings is 5. The van der Waals surface area contributed by atoms with Gasteiger partial charge in [0.05, 0.1) is 12.1 Å². The van der Waals surface area contributed by atoms with Crippen LogP contribution in [0, 0.1) is 5.92 Å². The Morgan fingerprint density at radius 2 is 1.33 bits per heavy atom. The van der Waals surface area contributed by atoms with E-state index in [1.54, 1.807) is 42.5 Å². The Morgan fingerprint density at radius 1 is 0.699 bits per heavy atom. The number of carboxylic acid groups (broad SMARTS) is 1. The van der Waals surface area contributed by atoms with E-state index in [1.165, 1.54) is 19.1 Å². The Hall–Kier alpha value is -7.98. The van der Waals surface area contributed by atoms with E-state index < -0.39 is 102 Å². The van der Waals surface area contributed by atoms with Gasteiger partial charge >= 0.3 is 12.1 Å². The number of phenols is 1. The van der Waals surface area contributed by atoms with Crippen LogP contribution in [0.3, 0.4) is 0 Å². The Labute approximate surface area is 489 Å². The zero-order valence-electron chi connectivity index (χ0n) is 45.8. The molecule has 8 rings (SSSR count). The molecule has 19 nitrogen and oxygen atoms in total. The molecule has 83 heavy (non-hydrogen) atoms. The number of rotatable bonds is 17. The van der Waals surface area contributed by atoms with Crippen LogP contribution in [0.5, 0.6) is 5.75 Å². The van der Waals surface area contributed by atoms with Crippen LogP contribution in [0.25, 0.3) is 16.7 Å². The monoisotopic (exact) mass is 1170 g/mol. The van der Waals surface area contributed by atoms with Crippen LogP contribution in [-0.4, -0.2) is 130 Å². The van der Waals surface area contributed by atoms with Crippen molar-refractivity contribution in [3.05, 3.63) is 167 Å². The minimum Gasteiger partial charge on any atom is -0.508 e. The molecule has 0 unspecified atom stereocenters. The molecule has 1 heterocycles. The number of aromatic hydroxyl groups is 1. The summed E-state index contributed by atoms with van der Waals surface area (Å²) >= 11 is 0. The normalized spacial score (nSPS) is 21.5. The molecule has 0 saturated carbocycles. The minimum atomic E-state index is -1.68. The molecule has 1 aliphatic heterocycles. The van der Waals surface area contributed by atoms with E-state index in [1.807, 2.05) is 78.9 Å². The van der Waals surface area contributed by atoms with Gasteiger partial charge in [0.25, 0.3) is 0 Å². The largest absolute Gasteiger partial charge is 0.508 e. The molecular weight excluding hydrogens is 1100 g/mol. The third-order valence-electron chi connectivity index (χ3n) is 15.0. The highest BCUT2D eigenvalue weighted by molar-refractivity contribution is 8.76. The van der Waals surface area contributed by atoms with Gasteiger partial charge in [-0.1, -0.05) is 143 Å². The van der Waals surface area contributed by atoms with Crippen molar-refractivity contribution in [3.63, 3.8) is 0 Å². The fourth-order valence-electron chi connectivity index (χ4n) is 10.5. The lowest BCUT2D eigenvalue weighted by Gasteiger charge is -2.28. The van der Waals surface area contributed by atoms with Crippen molar-refractivity contribution in [1.82, 2.24) is 31.9 Å². The number of hydrogen-bond donors (Lipinski definition) is 10. The molecular formula is C62H69N7O12S2. The van der Waals surface area contributed by atoms with E-state index >= 15 is 9.59 Å². The van der Waals surface area contributed by atoms with Crippen molar-refractivity contribution in [3.8, 4) is 16.9 Å². The van der Waals surface area contributed by atoms with Crippen molar-refractivity contribution < 1.29 is 58.4 Å². The topological polar surface area (TPSA) is 305 Å². The second kappa shape index (κ2) is 29.3. The van der Waals surface area contributed by atoms with Gasteiger partial charge < -0.3 is 57.7 Å². The molecule has 5 aromatic rings. The number of nitrogens with one attached hydrogen (secondary N) is 6. The number of phenolic OH excluding ortho intramolecular Hbond substituents is 1. The van der Waals surface area contributed by atoms with E-state index in [2.05, 4.69) is 31.9 Å². The fourth-order valence-corrected chi connectivity index (χ4v) is 12.9. The van der Waals surface area contributed by atoms with Gasteiger partial charge in [0.15, 0.2) is 5.78 Å². The number of fused-ring (bicyclic) bond motifs is 4. The number of Topliss-reactive ketones (excluding diaryl/α,β-unsaturated/α-hetero) is 1. The highest BCUT2D eigenvalue weighted by atomic mass is 33.1. The van der Waals surface area contributed by atoms with Gasteiger partial charge in [-0.2, -0.15) is 0 Å². The van der Waals surface area contributed by atoms with Gasteiger partial charge in [0.1, 0.15) is 42.6 Å². The zero-order valence-corrected chi connectivity index (χ0v) is 47.4. The summed E-state index contributed by atoms with van der Waals surface area (Å²) < 4.78 is 5.88. The molecule has 1 fully saturated rings. The van der Waals surface area contributed by atoms with Crippen molar-refractivity contribution in [1.29, 1.82) is 0 Å². The van der Waals surface area contributed by atoms with Crippen LogP contribution < -0.4 is 37.6 Å². The second-order valence-electron chi connectivity index (χ2n) is 20.9.